The zero-order valence-corrected chi connectivity index (χ0v) is 12.4. The predicted octanol–water partition coefficient (Wildman–Crippen LogP) is 0.132. The molecule has 0 bridgehead atoms. The van der Waals surface area contributed by atoms with Gasteiger partial charge in [-0.15, -0.1) is 0 Å². The molecule has 8 heteroatoms. The van der Waals surface area contributed by atoms with Crippen molar-refractivity contribution in [3.05, 3.63) is 32.6 Å². The zero-order chi connectivity index (χ0) is 15.8. The molecule has 1 aliphatic rings. The number of methoxy groups -OCH3 is 2. The van der Waals surface area contributed by atoms with Crippen LogP contribution in [-0.2, 0) is 14.2 Å². The summed E-state index contributed by atoms with van der Waals surface area (Å²) in [7, 11) is 2.84. The van der Waals surface area contributed by atoms with Gasteiger partial charge in [0, 0.05) is 26.0 Å². The van der Waals surface area contributed by atoms with Gasteiger partial charge in [0.2, 0.25) is 0 Å². The molecular weight excluding hydrogens is 283 g/mol. The van der Waals surface area contributed by atoms with Crippen LogP contribution in [0.1, 0.15) is 18.7 Å². The topological polar surface area (TPSA) is 82.5 Å². The molecular formula is C13H19FN2O5. The Morgan fingerprint density at radius 3 is 2.71 bits per heavy atom. The number of aryl methyl sites for hydroxylation is 1. The lowest BCUT2D eigenvalue weighted by atomic mass is 9.98. The normalized spacial score (nSPS) is 32.5. The van der Waals surface area contributed by atoms with Crippen LogP contribution in [0.15, 0.2) is 15.8 Å². The highest BCUT2D eigenvalue weighted by atomic mass is 19.1. The summed E-state index contributed by atoms with van der Waals surface area (Å²) in [6, 6.07) is 0. The second-order valence-electron chi connectivity index (χ2n) is 5.27. The fourth-order valence-corrected chi connectivity index (χ4v) is 2.64. The van der Waals surface area contributed by atoms with Gasteiger partial charge in [-0.3, -0.25) is 14.3 Å². The summed E-state index contributed by atoms with van der Waals surface area (Å²) in [4.78, 5) is 25.5. The summed E-state index contributed by atoms with van der Waals surface area (Å²) in [6.07, 6.45) is -1.46. The summed E-state index contributed by atoms with van der Waals surface area (Å²) >= 11 is 0. The highest BCUT2D eigenvalue weighted by molar-refractivity contribution is 5.06. The summed E-state index contributed by atoms with van der Waals surface area (Å²) in [6.45, 7) is 2.96. The molecule has 0 aromatic carbocycles. The first-order valence-electron chi connectivity index (χ1n) is 6.51. The fraction of sp³-hybridized carbons (Fsp3) is 0.692. The van der Waals surface area contributed by atoms with Crippen molar-refractivity contribution < 1.29 is 18.6 Å². The van der Waals surface area contributed by atoms with Crippen molar-refractivity contribution in [3.63, 3.8) is 0 Å². The Morgan fingerprint density at radius 2 is 2.14 bits per heavy atom. The van der Waals surface area contributed by atoms with Crippen molar-refractivity contribution in [2.75, 3.05) is 20.8 Å². The van der Waals surface area contributed by atoms with Crippen LogP contribution in [0.4, 0.5) is 4.39 Å². The van der Waals surface area contributed by atoms with Gasteiger partial charge in [0.05, 0.1) is 6.61 Å². The van der Waals surface area contributed by atoms with E-state index in [1.54, 1.807) is 0 Å². The van der Waals surface area contributed by atoms with Crippen molar-refractivity contribution in [3.8, 4) is 0 Å². The van der Waals surface area contributed by atoms with Gasteiger partial charge in [0.25, 0.3) is 5.56 Å². The number of hydrogen-bond donors (Lipinski definition) is 1. The number of alkyl halides is 1. The first kappa shape index (κ1) is 15.9. The van der Waals surface area contributed by atoms with Crippen molar-refractivity contribution in [2.24, 2.45) is 0 Å². The molecule has 1 aliphatic heterocycles. The third kappa shape index (κ3) is 2.66. The lowest BCUT2D eigenvalue weighted by Gasteiger charge is -2.27. The highest BCUT2D eigenvalue weighted by Crippen LogP contribution is 2.42. The van der Waals surface area contributed by atoms with Gasteiger partial charge in [-0.1, -0.05) is 0 Å². The van der Waals surface area contributed by atoms with E-state index in [1.807, 2.05) is 0 Å². The van der Waals surface area contributed by atoms with Crippen LogP contribution in [0.2, 0.25) is 0 Å². The second kappa shape index (κ2) is 5.70. The molecule has 0 saturated carbocycles. The average molecular weight is 302 g/mol. The van der Waals surface area contributed by atoms with E-state index in [1.165, 1.54) is 34.3 Å². The monoisotopic (exact) mass is 302 g/mol. The number of H-pyrrole nitrogens is 1. The third-order valence-electron chi connectivity index (χ3n) is 3.66. The summed E-state index contributed by atoms with van der Waals surface area (Å²) in [5.74, 6) is 0. The molecule has 1 fully saturated rings. The van der Waals surface area contributed by atoms with Crippen LogP contribution in [0.5, 0.6) is 0 Å². The number of ether oxygens (including phenoxy) is 3. The van der Waals surface area contributed by atoms with E-state index in [4.69, 9.17) is 14.2 Å². The maximum atomic E-state index is 15.1. The molecule has 4 atom stereocenters. The van der Waals surface area contributed by atoms with Crippen LogP contribution in [0, 0.1) is 6.92 Å². The van der Waals surface area contributed by atoms with Crippen LogP contribution in [-0.4, -0.2) is 48.3 Å². The summed E-state index contributed by atoms with van der Waals surface area (Å²) < 4.78 is 31.9. The van der Waals surface area contributed by atoms with Gasteiger partial charge in [-0.25, -0.2) is 9.18 Å². The number of hydrogen-bond acceptors (Lipinski definition) is 5. The summed E-state index contributed by atoms with van der Waals surface area (Å²) in [5, 5.41) is 0. The quantitative estimate of drug-likeness (QED) is 0.855. The molecule has 2 heterocycles. The lowest BCUT2D eigenvalue weighted by molar-refractivity contribution is -0.0668. The molecule has 21 heavy (non-hydrogen) atoms. The number of nitrogens with zero attached hydrogens (tertiary/aromatic N) is 1. The van der Waals surface area contributed by atoms with E-state index in [-0.39, 0.29) is 12.2 Å². The van der Waals surface area contributed by atoms with Crippen LogP contribution in [0.3, 0.4) is 0 Å². The van der Waals surface area contributed by atoms with E-state index in [2.05, 4.69) is 4.98 Å². The molecule has 2 unspecified atom stereocenters. The Morgan fingerprint density at radius 1 is 1.48 bits per heavy atom. The Labute approximate surface area is 120 Å². The number of halogens is 1. The Balaban J connectivity index is 2.47. The molecule has 118 valence electrons. The van der Waals surface area contributed by atoms with Crippen molar-refractivity contribution in [1.82, 2.24) is 9.55 Å². The molecule has 2 rings (SSSR count). The van der Waals surface area contributed by atoms with Crippen LogP contribution >= 0.6 is 0 Å². The van der Waals surface area contributed by atoms with Crippen molar-refractivity contribution >= 4 is 0 Å². The highest BCUT2D eigenvalue weighted by Gasteiger charge is 2.56. The summed E-state index contributed by atoms with van der Waals surface area (Å²) in [5.41, 5.74) is -2.90. The molecule has 1 aromatic heterocycles. The van der Waals surface area contributed by atoms with Crippen LogP contribution < -0.4 is 11.2 Å². The van der Waals surface area contributed by atoms with E-state index in [0.717, 1.165) is 4.57 Å². The molecule has 0 radical (unpaired) electrons. The minimum absolute atomic E-state index is 0.131. The fourth-order valence-electron chi connectivity index (χ4n) is 2.64. The minimum atomic E-state index is -1.95. The maximum absolute atomic E-state index is 15.1. The van der Waals surface area contributed by atoms with Gasteiger partial charge in [0.1, 0.15) is 12.2 Å². The van der Waals surface area contributed by atoms with E-state index in [9.17, 15) is 9.59 Å². The Hall–Kier alpha value is -1.51. The predicted molar refractivity (Wildman–Crippen MR) is 72.2 cm³/mol. The van der Waals surface area contributed by atoms with Crippen LogP contribution in [0.25, 0.3) is 0 Å². The van der Waals surface area contributed by atoms with E-state index in [0.29, 0.717) is 0 Å². The molecule has 1 saturated heterocycles. The first-order valence-corrected chi connectivity index (χ1v) is 6.51. The number of rotatable bonds is 4. The standard InChI is InChI=1S/C13H19FN2O5/c1-7-5-16(12(18)15-10(7)17)11-13(2,14)9(20-4)8(21-11)6-19-3/h5,8-9,11H,6H2,1-4H3,(H,15,17,18)/t8-,9?,11-,13?/m1/s1. The van der Waals surface area contributed by atoms with Gasteiger partial charge >= 0.3 is 5.69 Å². The lowest BCUT2D eigenvalue weighted by Crippen LogP contribution is -2.45. The van der Waals surface area contributed by atoms with Gasteiger partial charge in [-0.2, -0.15) is 0 Å². The second-order valence-corrected chi connectivity index (χ2v) is 5.27. The molecule has 0 spiro atoms. The van der Waals surface area contributed by atoms with Gasteiger partial charge in [0.15, 0.2) is 11.9 Å². The molecule has 1 N–H and O–H groups in total. The van der Waals surface area contributed by atoms with Crippen molar-refractivity contribution in [1.29, 1.82) is 0 Å². The maximum Gasteiger partial charge on any atom is 0.330 e. The SMILES string of the molecule is COC[C@H]1O[C@@H](n2cc(C)c(=O)[nH]c2=O)C(C)(F)C1OC. The minimum Gasteiger partial charge on any atom is -0.382 e. The molecule has 0 amide bonds. The van der Waals surface area contributed by atoms with Crippen molar-refractivity contribution in [2.45, 2.75) is 38.0 Å². The number of nitrogens with one attached hydrogen (secondary N) is 1. The van der Waals surface area contributed by atoms with E-state index < -0.39 is 35.4 Å². The number of aromatic amines is 1. The molecule has 1 aromatic rings. The Kier molecular flexibility index (Phi) is 4.31. The largest absolute Gasteiger partial charge is 0.382 e. The first-order chi connectivity index (χ1) is 9.82. The molecule has 7 nitrogen and oxygen atoms in total. The third-order valence-corrected chi connectivity index (χ3v) is 3.66. The van der Waals surface area contributed by atoms with Gasteiger partial charge < -0.3 is 14.2 Å². The Bertz CT molecular complexity index is 624. The molecule has 0 aliphatic carbocycles. The van der Waals surface area contributed by atoms with E-state index >= 15 is 4.39 Å². The number of aromatic nitrogens is 2. The average Bonchev–Trinajstić information content (AvgIpc) is 2.65. The van der Waals surface area contributed by atoms with Gasteiger partial charge in [-0.05, 0) is 13.8 Å². The smallest absolute Gasteiger partial charge is 0.330 e. The zero-order valence-electron chi connectivity index (χ0n) is 12.4.